The number of amides is 1. The third kappa shape index (κ3) is 2.53. The van der Waals surface area contributed by atoms with Crippen molar-refractivity contribution >= 4 is 16.8 Å². The molecule has 21 heavy (non-hydrogen) atoms. The van der Waals surface area contributed by atoms with Crippen LogP contribution < -0.4 is 5.73 Å². The van der Waals surface area contributed by atoms with E-state index in [0.29, 0.717) is 24.8 Å². The molecule has 112 valence electrons. The van der Waals surface area contributed by atoms with Crippen LogP contribution in [-0.2, 0) is 7.05 Å². The maximum Gasteiger partial charge on any atom is 0.275 e. The zero-order valence-electron chi connectivity index (χ0n) is 12.5. The Morgan fingerprint density at radius 3 is 2.81 bits per heavy atom. The van der Waals surface area contributed by atoms with Gasteiger partial charge in [-0.05, 0) is 18.9 Å². The van der Waals surface area contributed by atoms with Gasteiger partial charge in [0.25, 0.3) is 5.91 Å². The van der Waals surface area contributed by atoms with Gasteiger partial charge in [0.05, 0.1) is 5.52 Å². The lowest BCUT2D eigenvalue weighted by atomic mass is 10.1. The van der Waals surface area contributed by atoms with Gasteiger partial charge < -0.3 is 10.6 Å². The van der Waals surface area contributed by atoms with Gasteiger partial charge in [-0.1, -0.05) is 31.0 Å². The van der Waals surface area contributed by atoms with Crippen molar-refractivity contribution in [3.8, 4) is 0 Å². The molecule has 1 aliphatic rings. The molecule has 1 saturated carbocycles. The summed E-state index contributed by atoms with van der Waals surface area (Å²) >= 11 is 0. The molecule has 1 amide bonds. The van der Waals surface area contributed by atoms with Crippen molar-refractivity contribution in [3.63, 3.8) is 0 Å². The smallest absolute Gasteiger partial charge is 0.275 e. The van der Waals surface area contributed by atoms with Crippen LogP contribution in [0.2, 0.25) is 0 Å². The SMILES string of the molecule is Cn1nc(C(=O)N(CCN)C2CCCC2)c2ccccc21. The van der Waals surface area contributed by atoms with Crippen LogP contribution in [-0.4, -0.2) is 39.7 Å². The first-order chi connectivity index (χ1) is 10.2. The van der Waals surface area contributed by atoms with E-state index in [1.165, 1.54) is 12.8 Å². The van der Waals surface area contributed by atoms with Crippen LogP contribution in [0.4, 0.5) is 0 Å². The molecule has 0 unspecified atom stereocenters. The summed E-state index contributed by atoms with van der Waals surface area (Å²) in [7, 11) is 1.88. The van der Waals surface area contributed by atoms with Gasteiger partial charge in [-0.2, -0.15) is 5.10 Å². The van der Waals surface area contributed by atoms with Crippen molar-refractivity contribution in [3.05, 3.63) is 30.0 Å². The van der Waals surface area contributed by atoms with Crippen molar-refractivity contribution in [1.29, 1.82) is 0 Å². The van der Waals surface area contributed by atoms with E-state index in [2.05, 4.69) is 5.10 Å². The topological polar surface area (TPSA) is 64.2 Å². The summed E-state index contributed by atoms with van der Waals surface area (Å²) in [6.45, 7) is 1.10. The Balaban J connectivity index is 1.97. The molecule has 1 aromatic carbocycles. The number of hydrogen-bond acceptors (Lipinski definition) is 3. The summed E-state index contributed by atoms with van der Waals surface area (Å²) in [4.78, 5) is 14.9. The lowest BCUT2D eigenvalue weighted by Crippen LogP contribution is -2.42. The van der Waals surface area contributed by atoms with Gasteiger partial charge in [-0.3, -0.25) is 9.48 Å². The fourth-order valence-electron chi connectivity index (χ4n) is 3.31. The molecule has 1 heterocycles. The monoisotopic (exact) mass is 286 g/mol. The second kappa shape index (κ2) is 5.85. The number of carbonyl (C=O) groups excluding carboxylic acids is 1. The van der Waals surface area contributed by atoms with Crippen molar-refractivity contribution in [2.24, 2.45) is 12.8 Å². The number of aryl methyl sites for hydroxylation is 1. The fourth-order valence-corrected chi connectivity index (χ4v) is 3.31. The van der Waals surface area contributed by atoms with E-state index in [-0.39, 0.29) is 5.91 Å². The number of aromatic nitrogens is 2. The van der Waals surface area contributed by atoms with Crippen molar-refractivity contribution in [2.45, 2.75) is 31.7 Å². The molecule has 5 nitrogen and oxygen atoms in total. The quantitative estimate of drug-likeness (QED) is 0.934. The third-order valence-corrected chi connectivity index (χ3v) is 4.36. The first-order valence-corrected chi connectivity index (χ1v) is 7.65. The molecule has 1 aliphatic carbocycles. The Morgan fingerprint density at radius 2 is 2.10 bits per heavy atom. The summed E-state index contributed by atoms with van der Waals surface area (Å²) in [5.41, 5.74) is 7.25. The predicted molar refractivity (Wildman–Crippen MR) is 83.1 cm³/mol. The molecule has 5 heteroatoms. The Morgan fingerprint density at radius 1 is 1.38 bits per heavy atom. The number of hydrogen-bond donors (Lipinski definition) is 1. The van der Waals surface area contributed by atoms with E-state index in [0.717, 1.165) is 23.7 Å². The zero-order valence-corrected chi connectivity index (χ0v) is 12.5. The number of carbonyl (C=O) groups is 1. The summed E-state index contributed by atoms with van der Waals surface area (Å²) in [5, 5.41) is 5.37. The number of rotatable bonds is 4. The minimum Gasteiger partial charge on any atom is -0.333 e. The molecule has 1 aromatic heterocycles. The van der Waals surface area contributed by atoms with Gasteiger partial charge in [0.15, 0.2) is 5.69 Å². The van der Waals surface area contributed by atoms with Crippen LogP contribution in [0.15, 0.2) is 24.3 Å². The molecule has 0 bridgehead atoms. The highest BCUT2D eigenvalue weighted by molar-refractivity contribution is 6.05. The summed E-state index contributed by atoms with van der Waals surface area (Å²) < 4.78 is 1.78. The molecule has 2 N–H and O–H groups in total. The summed E-state index contributed by atoms with van der Waals surface area (Å²) in [5.74, 6) is 0.0177. The van der Waals surface area contributed by atoms with E-state index in [9.17, 15) is 4.79 Å². The summed E-state index contributed by atoms with van der Waals surface area (Å²) in [6, 6.07) is 8.19. The standard InChI is InChI=1S/C16H22N4O/c1-19-14-9-5-4-8-13(14)15(18-19)16(21)20(11-10-17)12-6-2-3-7-12/h4-5,8-9,12H,2-3,6-7,10-11,17H2,1H3. The van der Waals surface area contributed by atoms with Crippen molar-refractivity contribution in [1.82, 2.24) is 14.7 Å². The molecule has 0 aliphatic heterocycles. The molecule has 0 spiro atoms. The molecule has 0 radical (unpaired) electrons. The highest BCUT2D eigenvalue weighted by Gasteiger charge is 2.29. The molecule has 0 atom stereocenters. The first kappa shape index (κ1) is 14.1. The van der Waals surface area contributed by atoms with E-state index < -0.39 is 0 Å². The van der Waals surface area contributed by atoms with E-state index in [4.69, 9.17) is 5.73 Å². The third-order valence-electron chi connectivity index (χ3n) is 4.36. The molecule has 3 rings (SSSR count). The van der Waals surface area contributed by atoms with Gasteiger partial charge in [-0.15, -0.1) is 0 Å². The van der Waals surface area contributed by atoms with Crippen LogP contribution in [0.3, 0.4) is 0 Å². The van der Waals surface area contributed by atoms with Crippen LogP contribution >= 0.6 is 0 Å². The van der Waals surface area contributed by atoms with Gasteiger partial charge >= 0.3 is 0 Å². The Labute approximate surface area is 124 Å². The summed E-state index contributed by atoms with van der Waals surface area (Å²) in [6.07, 6.45) is 4.55. The van der Waals surface area contributed by atoms with Crippen LogP contribution in [0.5, 0.6) is 0 Å². The Bertz CT molecular complexity index is 643. The van der Waals surface area contributed by atoms with E-state index in [1.54, 1.807) is 4.68 Å². The van der Waals surface area contributed by atoms with E-state index in [1.807, 2.05) is 36.2 Å². The molecular formula is C16H22N4O. The van der Waals surface area contributed by atoms with Crippen molar-refractivity contribution < 1.29 is 4.79 Å². The van der Waals surface area contributed by atoms with Crippen LogP contribution in [0, 0.1) is 0 Å². The molecule has 0 saturated heterocycles. The average molecular weight is 286 g/mol. The maximum absolute atomic E-state index is 12.9. The second-order valence-corrected chi connectivity index (χ2v) is 5.71. The minimum atomic E-state index is 0.0177. The van der Waals surface area contributed by atoms with E-state index >= 15 is 0 Å². The normalized spacial score (nSPS) is 15.7. The highest BCUT2D eigenvalue weighted by atomic mass is 16.2. The number of fused-ring (bicyclic) bond motifs is 1. The molecule has 1 fully saturated rings. The molecule has 2 aromatic rings. The average Bonchev–Trinajstić information content (AvgIpc) is 3.13. The van der Waals surface area contributed by atoms with Crippen LogP contribution in [0.1, 0.15) is 36.2 Å². The lowest BCUT2D eigenvalue weighted by molar-refractivity contribution is 0.0683. The minimum absolute atomic E-state index is 0.0177. The number of para-hydroxylation sites is 1. The second-order valence-electron chi connectivity index (χ2n) is 5.71. The Hall–Kier alpha value is -1.88. The molecular weight excluding hydrogens is 264 g/mol. The van der Waals surface area contributed by atoms with Gasteiger partial charge in [0.2, 0.25) is 0 Å². The Kier molecular flexibility index (Phi) is 3.92. The van der Waals surface area contributed by atoms with Gasteiger partial charge in [0.1, 0.15) is 0 Å². The van der Waals surface area contributed by atoms with Crippen LogP contribution in [0.25, 0.3) is 10.9 Å². The number of nitrogens with two attached hydrogens (primary N) is 1. The fraction of sp³-hybridized carbons (Fsp3) is 0.500. The highest BCUT2D eigenvalue weighted by Crippen LogP contribution is 2.26. The lowest BCUT2D eigenvalue weighted by Gasteiger charge is -2.28. The zero-order chi connectivity index (χ0) is 14.8. The van der Waals surface area contributed by atoms with Crippen molar-refractivity contribution in [2.75, 3.05) is 13.1 Å². The van der Waals surface area contributed by atoms with Gasteiger partial charge in [-0.25, -0.2) is 0 Å². The predicted octanol–water partition coefficient (Wildman–Crippen LogP) is 1.92. The largest absolute Gasteiger partial charge is 0.333 e. The number of nitrogens with zero attached hydrogens (tertiary/aromatic N) is 3. The maximum atomic E-state index is 12.9. The first-order valence-electron chi connectivity index (χ1n) is 7.65. The van der Waals surface area contributed by atoms with Gasteiger partial charge in [0, 0.05) is 31.6 Å². The number of benzene rings is 1.